The maximum atomic E-state index is 11.2. The van der Waals surface area contributed by atoms with Crippen LogP contribution in [0.3, 0.4) is 0 Å². The SMILES string of the molecule is CC1=C(CC(=O)O)c2cc(O)ccc2/C1=C\c1ccc(Br)cc1. The van der Waals surface area contributed by atoms with E-state index >= 15 is 0 Å². The van der Waals surface area contributed by atoms with Crippen LogP contribution >= 0.6 is 15.9 Å². The molecule has 0 radical (unpaired) electrons. The van der Waals surface area contributed by atoms with Crippen molar-refractivity contribution in [1.82, 2.24) is 0 Å². The van der Waals surface area contributed by atoms with Crippen LogP contribution in [-0.4, -0.2) is 16.2 Å². The van der Waals surface area contributed by atoms with E-state index in [9.17, 15) is 15.0 Å². The fourth-order valence-electron chi connectivity index (χ4n) is 2.87. The summed E-state index contributed by atoms with van der Waals surface area (Å²) in [6.07, 6.45) is 1.99. The van der Waals surface area contributed by atoms with Crippen molar-refractivity contribution in [2.75, 3.05) is 0 Å². The molecule has 116 valence electrons. The summed E-state index contributed by atoms with van der Waals surface area (Å²) in [6, 6.07) is 13.0. The van der Waals surface area contributed by atoms with Gasteiger partial charge in [-0.05, 0) is 70.7 Å². The number of carbonyl (C=O) groups is 1. The molecule has 0 fully saturated rings. The van der Waals surface area contributed by atoms with Crippen LogP contribution in [0.1, 0.15) is 30.0 Å². The van der Waals surface area contributed by atoms with Crippen molar-refractivity contribution >= 4 is 39.1 Å². The summed E-state index contributed by atoms with van der Waals surface area (Å²) >= 11 is 3.42. The largest absolute Gasteiger partial charge is 0.508 e. The highest BCUT2D eigenvalue weighted by atomic mass is 79.9. The average Bonchev–Trinajstić information content (AvgIpc) is 2.74. The predicted molar refractivity (Wildman–Crippen MR) is 95.0 cm³/mol. The molecule has 0 spiro atoms. The summed E-state index contributed by atoms with van der Waals surface area (Å²) in [6.45, 7) is 1.93. The van der Waals surface area contributed by atoms with Gasteiger partial charge in [-0.3, -0.25) is 4.79 Å². The van der Waals surface area contributed by atoms with Gasteiger partial charge in [0.15, 0.2) is 0 Å². The Bertz CT molecular complexity index is 845. The topological polar surface area (TPSA) is 57.5 Å². The smallest absolute Gasteiger partial charge is 0.307 e. The molecule has 2 aromatic carbocycles. The minimum absolute atomic E-state index is 0.0556. The van der Waals surface area contributed by atoms with E-state index < -0.39 is 5.97 Å². The number of hydrogen-bond acceptors (Lipinski definition) is 2. The Labute approximate surface area is 142 Å². The molecule has 0 saturated heterocycles. The molecule has 0 atom stereocenters. The van der Waals surface area contributed by atoms with Crippen LogP contribution in [0, 0.1) is 0 Å². The monoisotopic (exact) mass is 370 g/mol. The maximum Gasteiger partial charge on any atom is 0.307 e. The second kappa shape index (κ2) is 6.05. The second-order valence-corrected chi connectivity index (χ2v) is 6.43. The summed E-state index contributed by atoms with van der Waals surface area (Å²) in [4.78, 5) is 11.2. The third-order valence-corrected chi connectivity index (χ3v) is 4.51. The van der Waals surface area contributed by atoms with Gasteiger partial charge in [-0.15, -0.1) is 0 Å². The third-order valence-electron chi connectivity index (χ3n) is 3.98. The van der Waals surface area contributed by atoms with Gasteiger partial charge < -0.3 is 10.2 Å². The number of phenols is 1. The number of aliphatic carboxylic acids is 1. The molecule has 3 nitrogen and oxygen atoms in total. The first-order valence-corrected chi connectivity index (χ1v) is 7.98. The molecule has 3 rings (SSSR count). The van der Waals surface area contributed by atoms with Crippen LogP contribution in [-0.2, 0) is 4.79 Å². The number of aromatic hydroxyl groups is 1. The van der Waals surface area contributed by atoms with Crippen molar-refractivity contribution < 1.29 is 15.0 Å². The van der Waals surface area contributed by atoms with Crippen molar-refractivity contribution in [1.29, 1.82) is 0 Å². The highest BCUT2D eigenvalue weighted by molar-refractivity contribution is 9.10. The Morgan fingerprint density at radius 2 is 1.83 bits per heavy atom. The second-order valence-electron chi connectivity index (χ2n) is 5.51. The van der Waals surface area contributed by atoms with Crippen LogP contribution in [0.15, 0.2) is 52.5 Å². The molecule has 1 aliphatic carbocycles. The zero-order valence-electron chi connectivity index (χ0n) is 12.5. The summed E-state index contributed by atoms with van der Waals surface area (Å²) in [5.41, 5.74) is 5.49. The number of phenolic OH excluding ortho intramolecular Hbond substituents is 1. The van der Waals surface area contributed by atoms with Crippen LogP contribution in [0.4, 0.5) is 0 Å². The molecule has 2 aromatic rings. The molecule has 0 aliphatic heterocycles. The van der Waals surface area contributed by atoms with E-state index in [0.717, 1.165) is 37.9 Å². The highest BCUT2D eigenvalue weighted by Crippen LogP contribution is 2.44. The number of allylic oxidation sites excluding steroid dienone is 2. The number of benzene rings is 2. The van der Waals surface area contributed by atoms with Crippen molar-refractivity contribution in [3.05, 3.63) is 69.2 Å². The van der Waals surface area contributed by atoms with E-state index in [0.29, 0.717) is 0 Å². The first kappa shape index (κ1) is 15.6. The van der Waals surface area contributed by atoms with E-state index in [1.807, 2.05) is 43.3 Å². The number of rotatable bonds is 3. The van der Waals surface area contributed by atoms with Gasteiger partial charge in [0, 0.05) is 4.47 Å². The van der Waals surface area contributed by atoms with Gasteiger partial charge in [0.25, 0.3) is 0 Å². The lowest BCUT2D eigenvalue weighted by molar-refractivity contribution is -0.135. The molecule has 0 bridgehead atoms. The minimum Gasteiger partial charge on any atom is -0.508 e. The van der Waals surface area contributed by atoms with E-state index in [1.165, 1.54) is 0 Å². The van der Waals surface area contributed by atoms with Crippen molar-refractivity contribution in [2.45, 2.75) is 13.3 Å². The molecule has 0 heterocycles. The lowest BCUT2D eigenvalue weighted by atomic mass is 10.0. The molecule has 0 unspecified atom stereocenters. The summed E-state index contributed by atoms with van der Waals surface area (Å²) in [7, 11) is 0. The molecule has 2 N–H and O–H groups in total. The summed E-state index contributed by atoms with van der Waals surface area (Å²) in [5, 5.41) is 18.9. The Morgan fingerprint density at radius 1 is 1.13 bits per heavy atom. The zero-order valence-corrected chi connectivity index (χ0v) is 14.1. The van der Waals surface area contributed by atoms with E-state index in [-0.39, 0.29) is 12.2 Å². The zero-order chi connectivity index (χ0) is 16.6. The van der Waals surface area contributed by atoms with Crippen LogP contribution < -0.4 is 0 Å². The molecule has 0 amide bonds. The van der Waals surface area contributed by atoms with Crippen LogP contribution in [0.5, 0.6) is 5.75 Å². The number of fused-ring (bicyclic) bond motifs is 1. The van der Waals surface area contributed by atoms with E-state index in [2.05, 4.69) is 15.9 Å². The number of hydrogen-bond donors (Lipinski definition) is 2. The van der Waals surface area contributed by atoms with Gasteiger partial charge >= 0.3 is 5.97 Å². The lowest BCUT2D eigenvalue weighted by Crippen LogP contribution is -1.96. The van der Waals surface area contributed by atoms with Gasteiger partial charge in [0.05, 0.1) is 6.42 Å². The fourth-order valence-corrected chi connectivity index (χ4v) is 3.14. The number of carboxylic acids is 1. The Balaban J connectivity index is 2.15. The molecule has 4 heteroatoms. The number of halogens is 1. The summed E-state index contributed by atoms with van der Waals surface area (Å²) in [5.74, 6) is -0.733. The first-order valence-electron chi connectivity index (χ1n) is 7.18. The van der Waals surface area contributed by atoms with Crippen molar-refractivity contribution in [2.24, 2.45) is 0 Å². The van der Waals surface area contributed by atoms with Gasteiger partial charge in [-0.1, -0.05) is 34.1 Å². The van der Waals surface area contributed by atoms with Gasteiger partial charge in [-0.2, -0.15) is 0 Å². The van der Waals surface area contributed by atoms with Crippen molar-refractivity contribution in [3.63, 3.8) is 0 Å². The van der Waals surface area contributed by atoms with E-state index in [1.54, 1.807) is 12.1 Å². The molecular weight excluding hydrogens is 356 g/mol. The fraction of sp³-hybridized carbons (Fsp3) is 0.105. The van der Waals surface area contributed by atoms with Gasteiger partial charge in [0.2, 0.25) is 0 Å². The molecular formula is C19H15BrO3. The number of carboxylic acid groups (broad SMARTS) is 1. The van der Waals surface area contributed by atoms with Gasteiger partial charge in [0.1, 0.15) is 5.75 Å². The standard InChI is InChI=1S/C19H15BrO3/c1-11-16(8-12-2-4-13(20)5-3-12)15-7-6-14(21)9-18(15)17(11)10-19(22)23/h2-9,21H,10H2,1H3,(H,22,23)/b16-8-. The molecule has 1 aliphatic rings. The first-order chi connectivity index (χ1) is 11.0. The van der Waals surface area contributed by atoms with Crippen molar-refractivity contribution in [3.8, 4) is 5.75 Å². The Morgan fingerprint density at radius 3 is 2.48 bits per heavy atom. The normalized spacial score (nSPS) is 15.1. The predicted octanol–water partition coefficient (Wildman–Crippen LogP) is 4.96. The Kier molecular flexibility index (Phi) is 4.09. The third kappa shape index (κ3) is 3.08. The van der Waals surface area contributed by atoms with Crippen LogP contribution in [0.25, 0.3) is 17.2 Å². The highest BCUT2D eigenvalue weighted by Gasteiger charge is 2.25. The molecule has 23 heavy (non-hydrogen) atoms. The van der Waals surface area contributed by atoms with Gasteiger partial charge in [-0.25, -0.2) is 0 Å². The molecule has 0 saturated carbocycles. The van der Waals surface area contributed by atoms with E-state index in [4.69, 9.17) is 0 Å². The quantitative estimate of drug-likeness (QED) is 0.802. The Hall–Kier alpha value is -2.33. The minimum atomic E-state index is -0.876. The maximum absolute atomic E-state index is 11.2. The summed E-state index contributed by atoms with van der Waals surface area (Å²) < 4.78 is 1.01. The molecule has 0 aromatic heterocycles. The lowest BCUT2D eigenvalue weighted by Gasteiger charge is -2.05. The van der Waals surface area contributed by atoms with Crippen LogP contribution in [0.2, 0.25) is 0 Å². The average molecular weight is 371 g/mol.